The third kappa shape index (κ3) is 3.07. The smallest absolute Gasteiger partial charge is 0.335 e. The van der Waals surface area contributed by atoms with E-state index < -0.39 is 5.97 Å². The molecule has 0 saturated carbocycles. The van der Waals surface area contributed by atoms with E-state index in [0.717, 1.165) is 0 Å². The lowest BCUT2D eigenvalue weighted by Gasteiger charge is -2.07. The summed E-state index contributed by atoms with van der Waals surface area (Å²) in [6, 6.07) is 12.2. The second kappa shape index (κ2) is 5.31. The Balaban J connectivity index is 2.06. The fraction of sp³-hybridized carbons (Fsp3) is 0.0714. The standard InChI is InChI=1S/C14H11FO3/c15-12-5-1-3-10(7-12)9-18-13-6-2-4-11(8-13)14(16)17/h1-8H,9H2,(H,16,17). The van der Waals surface area contributed by atoms with Gasteiger partial charge in [-0.05, 0) is 35.9 Å². The zero-order chi connectivity index (χ0) is 13.0. The van der Waals surface area contributed by atoms with Crippen LogP contribution >= 0.6 is 0 Å². The average molecular weight is 246 g/mol. The average Bonchev–Trinajstić information content (AvgIpc) is 2.37. The Morgan fingerprint density at radius 1 is 1.17 bits per heavy atom. The first kappa shape index (κ1) is 12.1. The minimum absolute atomic E-state index is 0.159. The molecule has 4 heteroatoms. The number of carboxylic acid groups (broad SMARTS) is 1. The van der Waals surface area contributed by atoms with Gasteiger partial charge in [0.05, 0.1) is 5.56 Å². The first-order valence-electron chi connectivity index (χ1n) is 5.36. The molecule has 0 saturated heterocycles. The van der Waals surface area contributed by atoms with Crippen LogP contribution in [0.25, 0.3) is 0 Å². The summed E-state index contributed by atoms with van der Waals surface area (Å²) in [7, 11) is 0. The molecule has 92 valence electrons. The molecule has 2 aromatic carbocycles. The zero-order valence-electron chi connectivity index (χ0n) is 9.47. The number of hydrogen-bond acceptors (Lipinski definition) is 2. The van der Waals surface area contributed by atoms with Crippen molar-refractivity contribution < 1.29 is 19.0 Å². The molecule has 0 aliphatic heterocycles. The number of ether oxygens (including phenoxy) is 1. The van der Waals surface area contributed by atoms with Crippen LogP contribution in [0.5, 0.6) is 5.75 Å². The molecule has 0 atom stereocenters. The second-order valence-electron chi connectivity index (χ2n) is 3.75. The zero-order valence-corrected chi connectivity index (χ0v) is 9.47. The molecule has 0 radical (unpaired) electrons. The van der Waals surface area contributed by atoms with E-state index in [1.165, 1.54) is 24.3 Å². The molecule has 0 unspecified atom stereocenters. The van der Waals surface area contributed by atoms with Gasteiger partial charge < -0.3 is 9.84 Å². The molecular weight excluding hydrogens is 235 g/mol. The number of carboxylic acids is 1. The fourth-order valence-corrected chi connectivity index (χ4v) is 1.51. The molecule has 0 aromatic heterocycles. The van der Waals surface area contributed by atoms with Crippen LogP contribution in [-0.4, -0.2) is 11.1 Å². The summed E-state index contributed by atoms with van der Waals surface area (Å²) in [6.45, 7) is 0.195. The molecule has 0 fully saturated rings. The van der Waals surface area contributed by atoms with Gasteiger partial charge in [-0.25, -0.2) is 9.18 Å². The molecule has 3 nitrogen and oxygen atoms in total. The van der Waals surface area contributed by atoms with Crippen LogP contribution in [0, 0.1) is 5.82 Å². The van der Waals surface area contributed by atoms with Crippen molar-refractivity contribution in [2.24, 2.45) is 0 Å². The van der Waals surface area contributed by atoms with E-state index in [0.29, 0.717) is 11.3 Å². The minimum atomic E-state index is -1.01. The van der Waals surface area contributed by atoms with E-state index in [9.17, 15) is 9.18 Å². The number of halogens is 1. The minimum Gasteiger partial charge on any atom is -0.489 e. The van der Waals surface area contributed by atoms with Gasteiger partial charge in [-0.15, -0.1) is 0 Å². The summed E-state index contributed by atoms with van der Waals surface area (Å²) in [5.74, 6) is -0.888. The fourth-order valence-electron chi connectivity index (χ4n) is 1.51. The van der Waals surface area contributed by atoms with Gasteiger partial charge in [0, 0.05) is 0 Å². The Kier molecular flexibility index (Phi) is 3.57. The van der Waals surface area contributed by atoms with Gasteiger partial charge in [0.25, 0.3) is 0 Å². The SMILES string of the molecule is O=C(O)c1cccc(OCc2cccc(F)c2)c1. The van der Waals surface area contributed by atoms with Crippen LogP contribution in [-0.2, 0) is 6.61 Å². The maximum atomic E-state index is 12.9. The normalized spacial score (nSPS) is 10.1. The molecular formula is C14H11FO3. The molecule has 0 aliphatic carbocycles. The highest BCUT2D eigenvalue weighted by Crippen LogP contribution is 2.15. The number of carbonyl (C=O) groups is 1. The molecule has 0 spiro atoms. The Morgan fingerprint density at radius 3 is 2.67 bits per heavy atom. The van der Waals surface area contributed by atoms with Gasteiger partial charge in [0.1, 0.15) is 18.2 Å². The Hall–Kier alpha value is -2.36. The monoisotopic (exact) mass is 246 g/mol. The maximum Gasteiger partial charge on any atom is 0.335 e. The van der Waals surface area contributed by atoms with Crippen LogP contribution < -0.4 is 4.74 Å². The number of benzene rings is 2. The summed E-state index contributed by atoms with van der Waals surface area (Å²) >= 11 is 0. The highest BCUT2D eigenvalue weighted by atomic mass is 19.1. The number of rotatable bonds is 4. The van der Waals surface area contributed by atoms with Crippen molar-refractivity contribution >= 4 is 5.97 Å². The van der Waals surface area contributed by atoms with Gasteiger partial charge in [-0.3, -0.25) is 0 Å². The van der Waals surface area contributed by atoms with Crippen molar-refractivity contribution in [2.75, 3.05) is 0 Å². The highest BCUT2D eigenvalue weighted by Gasteiger charge is 2.04. The van der Waals surface area contributed by atoms with E-state index in [-0.39, 0.29) is 18.0 Å². The number of aromatic carboxylic acids is 1. The van der Waals surface area contributed by atoms with Gasteiger partial charge in [-0.1, -0.05) is 18.2 Å². The first-order chi connectivity index (χ1) is 8.65. The molecule has 2 rings (SSSR count). The van der Waals surface area contributed by atoms with Gasteiger partial charge in [0.15, 0.2) is 0 Å². The van der Waals surface area contributed by atoms with Gasteiger partial charge in [0.2, 0.25) is 0 Å². The van der Waals surface area contributed by atoms with E-state index in [1.807, 2.05) is 0 Å². The predicted molar refractivity (Wildman–Crippen MR) is 64.1 cm³/mol. The summed E-state index contributed by atoms with van der Waals surface area (Å²) in [6.07, 6.45) is 0. The molecule has 0 bridgehead atoms. The largest absolute Gasteiger partial charge is 0.489 e. The lowest BCUT2D eigenvalue weighted by Crippen LogP contribution is -1.99. The van der Waals surface area contributed by atoms with Crippen molar-refractivity contribution in [3.63, 3.8) is 0 Å². The van der Waals surface area contributed by atoms with Crippen LogP contribution in [0.4, 0.5) is 4.39 Å². The van der Waals surface area contributed by atoms with E-state index in [1.54, 1.807) is 24.3 Å². The summed E-state index contributed by atoms with van der Waals surface area (Å²) in [4.78, 5) is 10.8. The van der Waals surface area contributed by atoms with Crippen LogP contribution in [0.3, 0.4) is 0 Å². The van der Waals surface area contributed by atoms with Crippen molar-refractivity contribution in [2.45, 2.75) is 6.61 Å². The van der Waals surface area contributed by atoms with Gasteiger partial charge >= 0.3 is 5.97 Å². The van der Waals surface area contributed by atoms with E-state index in [4.69, 9.17) is 9.84 Å². The molecule has 1 N–H and O–H groups in total. The summed E-state index contributed by atoms with van der Waals surface area (Å²) in [5, 5.41) is 8.83. The quantitative estimate of drug-likeness (QED) is 0.901. The van der Waals surface area contributed by atoms with Crippen molar-refractivity contribution in [3.05, 3.63) is 65.5 Å². The third-order valence-corrected chi connectivity index (χ3v) is 2.38. The second-order valence-corrected chi connectivity index (χ2v) is 3.75. The van der Waals surface area contributed by atoms with E-state index in [2.05, 4.69) is 0 Å². The summed E-state index contributed by atoms with van der Waals surface area (Å²) < 4.78 is 18.3. The van der Waals surface area contributed by atoms with Gasteiger partial charge in [-0.2, -0.15) is 0 Å². The van der Waals surface area contributed by atoms with E-state index >= 15 is 0 Å². The van der Waals surface area contributed by atoms with Crippen molar-refractivity contribution in [1.82, 2.24) is 0 Å². The highest BCUT2D eigenvalue weighted by molar-refractivity contribution is 5.87. The molecule has 18 heavy (non-hydrogen) atoms. The Bertz CT molecular complexity index is 566. The summed E-state index contributed by atoms with van der Waals surface area (Å²) in [5.41, 5.74) is 0.850. The topological polar surface area (TPSA) is 46.5 Å². The maximum absolute atomic E-state index is 12.9. The molecule has 0 amide bonds. The Morgan fingerprint density at radius 2 is 1.94 bits per heavy atom. The number of hydrogen-bond donors (Lipinski definition) is 1. The van der Waals surface area contributed by atoms with Crippen LogP contribution in [0.15, 0.2) is 48.5 Å². The predicted octanol–water partition coefficient (Wildman–Crippen LogP) is 3.10. The first-order valence-corrected chi connectivity index (χ1v) is 5.36. The van der Waals surface area contributed by atoms with Crippen LogP contribution in [0.2, 0.25) is 0 Å². The Labute approximate surface area is 103 Å². The molecule has 2 aromatic rings. The molecule has 0 heterocycles. The lowest BCUT2D eigenvalue weighted by molar-refractivity contribution is 0.0696. The molecule has 0 aliphatic rings. The lowest BCUT2D eigenvalue weighted by atomic mass is 10.2. The van der Waals surface area contributed by atoms with Crippen molar-refractivity contribution in [1.29, 1.82) is 0 Å². The van der Waals surface area contributed by atoms with Crippen LogP contribution in [0.1, 0.15) is 15.9 Å². The van der Waals surface area contributed by atoms with Crippen molar-refractivity contribution in [3.8, 4) is 5.75 Å². The third-order valence-electron chi connectivity index (χ3n) is 2.38.